The Morgan fingerprint density at radius 3 is 2.62 bits per heavy atom. The average Bonchev–Trinajstić information content (AvgIpc) is 3.30. The summed E-state index contributed by atoms with van der Waals surface area (Å²) in [5, 5.41) is 11.0. The summed E-state index contributed by atoms with van der Waals surface area (Å²) in [4.78, 5) is 26.2. The molecule has 4 aliphatic rings. The third-order valence-electron chi connectivity index (χ3n) is 8.52. The Bertz CT molecular complexity index is 801. The van der Waals surface area contributed by atoms with Gasteiger partial charge in [-0.1, -0.05) is 13.8 Å². The van der Waals surface area contributed by atoms with E-state index >= 15 is 0 Å². The van der Waals surface area contributed by atoms with Crippen LogP contribution in [0, 0.1) is 22.2 Å². The van der Waals surface area contributed by atoms with Crippen molar-refractivity contribution in [3.8, 4) is 0 Å². The van der Waals surface area contributed by atoms with Gasteiger partial charge in [0.25, 0.3) is 0 Å². The topological polar surface area (TPSA) is 86.0 Å². The highest BCUT2D eigenvalue weighted by Crippen LogP contribution is 2.78. The molecule has 7 atom stereocenters. The third-order valence-corrected chi connectivity index (χ3v) is 8.52. The van der Waals surface area contributed by atoms with Gasteiger partial charge in [-0.05, 0) is 38.2 Å². The monoisotopic (exact) mass is 360 g/mol. The molecule has 1 N–H and O–H groups in total. The van der Waals surface area contributed by atoms with Crippen molar-refractivity contribution in [1.29, 1.82) is 0 Å². The Morgan fingerprint density at radius 2 is 1.96 bits per heavy atom. The predicted molar refractivity (Wildman–Crippen MR) is 88.6 cm³/mol. The van der Waals surface area contributed by atoms with Crippen LogP contribution >= 0.6 is 0 Å². The van der Waals surface area contributed by atoms with E-state index in [0.717, 1.165) is 5.56 Å². The molecule has 5 rings (SSSR count). The van der Waals surface area contributed by atoms with Crippen molar-refractivity contribution in [3.63, 3.8) is 0 Å². The summed E-state index contributed by atoms with van der Waals surface area (Å²) in [6.45, 7) is 5.78. The van der Waals surface area contributed by atoms with Crippen LogP contribution in [0.15, 0.2) is 23.0 Å². The van der Waals surface area contributed by atoms with Crippen molar-refractivity contribution < 1.29 is 28.6 Å². The van der Waals surface area contributed by atoms with Crippen molar-refractivity contribution in [2.45, 2.75) is 64.3 Å². The summed E-state index contributed by atoms with van der Waals surface area (Å²) in [5.41, 5.74) is -2.70. The van der Waals surface area contributed by atoms with E-state index in [1.165, 1.54) is 0 Å². The number of furan rings is 1. The minimum atomic E-state index is -1.02. The Balaban J connectivity index is 1.70. The molecular formula is C20H24O6. The van der Waals surface area contributed by atoms with Gasteiger partial charge < -0.3 is 19.0 Å². The number of aliphatic hydroxyl groups is 1. The number of carbonyl (C=O) groups excluding carboxylic acids is 2. The number of esters is 2. The number of ether oxygens (including phenoxy) is 2. The largest absolute Gasteiger partial charge is 0.472 e. The second kappa shape index (κ2) is 4.53. The van der Waals surface area contributed by atoms with Gasteiger partial charge in [0.1, 0.15) is 17.1 Å². The van der Waals surface area contributed by atoms with Gasteiger partial charge in [-0.15, -0.1) is 0 Å². The maximum Gasteiger partial charge on any atom is 0.317 e. The van der Waals surface area contributed by atoms with E-state index in [-0.39, 0.29) is 17.9 Å². The van der Waals surface area contributed by atoms with Gasteiger partial charge in [-0.25, -0.2) is 0 Å². The summed E-state index contributed by atoms with van der Waals surface area (Å²) in [6, 6.07) is 1.80. The molecule has 6 nitrogen and oxygen atoms in total. The molecule has 0 unspecified atom stereocenters. The molecule has 0 aromatic carbocycles. The Labute approximate surface area is 151 Å². The van der Waals surface area contributed by atoms with Crippen molar-refractivity contribution in [1.82, 2.24) is 0 Å². The first-order chi connectivity index (χ1) is 12.2. The molecule has 6 heteroatoms. The van der Waals surface area contributed by atoms with E-state index in [1.807, 2.05) is 20.8 Å². The number of hydrogen-bond donors (Lipinski definition) is 1. The van der Waals surface area contributed by atoms with Crippen molar-refractivity contribution in [2.24, 2.45) is 22.2 Å². The van der Waals surface area contributed by atoms with Crippen LogP contribution in [0.4, 0.5) is 0 Å². The lowest BCUT2D eigenvalue weighted by molar-refractivity contribution is -0.226. The highest BCUT2D eigenvalue weighted by molar-refractivity contribution is 5.89. The fourth-order valence-electron chi connectivity index (χ4n) is 6.75. The molecule has 2 saturated carbocycles. The molecule has 2 bridgehead atoms. The fourth-order valence-corrected chi connectivity index (χ4v) is 6.75. The van der Waals surface area contributed by atoms with Crippen LogP contribution in [-0.2, 0) is 19.1 Å². The lowest BCUT2D eigenvalue weighted by Crippen LogP contribution is -2.68. The van der Waals surface area contributed by atoms with Crippen LogP contribution < -0.4 is 0 Å². The van der Waals surface area contributed by atoms with E-state index in [1.54, 1.807) is 18.6 Å². The Morgan fingerprint density at radius 1 is 1.19 bits per heavy atom. The average molecular weight is 360 g/mol. The minimum Gasteiger partial charge on any atom is -0.472 e. The molecule has 0 radical (unpaired) electrons. The zero-order valence-electron chi connectivity index (χ0n) is 15.3. The van der Waals surface area contributed by atoms with Crippen molar-refractivity contribution >= 4 is 11.9 Å². The molecule has 0 amide bonds. The van der Waals surface area contributed by atoms with Crippen LogP contribution in [0.1, 0.15) is 58.1 Å². The molecule has 2 aliphatic heterocycles. The molecule has 3 heterocycles. The van der Waals surface area contributed by atoms with E-state index in [9.17, 15) is 14.7 Å². The van der Waals surface area contributed by atoms with Crippen molar-refractivity contribution in [2.75, 3.05) is 0 Å². The highest BCUT2D eigenvalue weighted by atomic mass is 16.6. The molecule has 26 heavy (non-hydrogen) atoms. The first-order valence-electron chi connectivity index (χ1n) is 9.38. The fraction of sp³-hybridized carbons (Fsp3) is 0.700. The first kappa shape index (κ1) is 16.4. The quantitative estimate of drug-likeness (QED) is 0.775. The van der Waals surface area contributed by atoms with Gasteiger partial charge in [0.15, 0.2) is 0 Å². The van der Waals surface area contributed by atoms with Crippen LogP contribution in [0.25, 0.3) is 0 Å². The molecule has 4 fully saturated rings. The normalized spacial score (nSPS) is 52.2. The van der Waals surface area contributed by atoms with E-state index in [4.69, 9.17) is 13.9 Å². The van der Waals surface area contributed by atoms with E-state index in [0.29, 0.717) is 25.7 Å². The smallest absolute Gasteiger partial charge is 0.317 e. The number of aliphatic hydroxyl groups excluding tert-OH is 1. The number of rotatable bonds is 1. The van der Waals surface area contributed by atoms with Gasteiger partial charge in [-0.2, -0.15) is 0 Å². The number of cyclic esters (lactones) is 1. The van der Waals surface area contributed by atoms with Crippen LogP contribution in [0.5, 0.6) is 0 Å². The number of carbonyl (C=O) groups is 2. The van der Waals surface area contributed by atoms with Crippen LogP contribution in [-0.4, -0.2) is 28.8 Å². The molecule has 2 aliphatic carbocycles. The van der Waals surface area contributed by atoms with Gasteiger partial charge in [-0.3, -0.25) is 9.59 Å². The van der Waals surface area contributed by atoms with E-state index < -0.39 is 34.1 Å². The third kappa shape index (κ3) is 1.37. The second-order valence-corrected chi connectivity index (χ2v) is 9.03. The van der Waals surface area contributed by atoms with Gasteiger partial charge in [0, 0.05) is 12.0 Å². The molecule has 140 valence electrons. The van der Waals surface area contributed by atoms with Crippen LogP contribution in [0.2, 0.25) is 0 Å². The zero-order valence-corrected chi connectivity index (χ0v) is 15.3. The lowest BCUT2D eigenvalue weighted by atomic mass is 9.45. The second-order valence-electron chi connectivity index (χ2n) is 9.03. The molecule has 2 saturated heterocycles. The summed E-state index contributed by atoms with van der Waals surface area (Å²) < 4.78 is 17.0. The maximum atomic E-state index is 13.3. The highest BCUT2D eigenvalue weighted by Gasteiger charge is 2.87. The molecular weight excluding hydrogens is 336 g/mol. The first-order valence-corrected chi connectivity index (χ1v) is 9.38. The summed E-state index contributed by atoms with van der Waals surface area (Å²) in [7, 11) is 0. The minimum absolute atomic E-state index is 0.150. The molecule has 1 aromatic rings. The summed E-state index contributed by atoms with van der Waals surface area (Å²) >= 11 is 0. The van der Waals surface area contributed by atoms with Crippen molar-refractivity contribution in [3.05, 3.63) is 24.2 Å². The Hall–Kier alpha value is -1.82. The lowest BCUT2D eigenvalue weighted by Gasteiger charge is -2.57. The summed E-state index contributed by atoms with van der Waals surface area (Å²) in [6.07, 6.45) is 4.16. The standard InChI is InChI=1S/C20H24O6/c1-11-8-14(21)18(3)17(2)5-6-20(18,26-15(17)22)19(11)9-13(25-16(19)23)12-4-7-24-10-12/h4,7,10-11,13-14,21H,5-6,8-9H2,1-3H3/t11-,13-,14-,17+,18-,19+,20+/m1/s1. The van der Waals surface area contributed by atoms with Gasteiger partial charge in [0.2, 0.25) is 0 Å². The van der Waals surface area contributed by atoms with Gasteiger partial charge >= 0.3 is 11.9 Å². The number of hydrogen-bond acceptors (Lipinski definition) is 6. The van der Waals surface area contributed by atoms with Crippen LogP contribution in [0.3, 0.4) is 0 Å². The maximum absolute atomic E-state index is 13.3. The molecule has 1 aromatic heterocycles. The summed E-state index contributed by atoms with van der Waals surface area (Å²) in [5.74, 6) is -0.755. The van der Waals surface area contributed by atoms with Gasteiger partial charge in [0.05, 0.1) is 29.5 Å². The van der Waals surface area contributed by atoms with E-state index in [2.05, 4.69) is 0 Å². The SMILES string of the molecule is C[C@@H]1C[C@@H](O)[C@@]2(C)[C@@]3(CC[C@@]2(C)C(=O)O3)[C@@]12C[C@H](c1ccoc1)OC2=O. The Kier molecular flexibility index (Phi) is 2.85. The zero-order chi connectivity index (χ0) is 18.5. The molecule has 1 spiro atoms. The predicted octanol–water partition coefficient (Wildman–Crippen LogP) is 2.76.